The highest BCUT2D eigenvalue weighted by atomic mass is 16.4. The largest absolute Gasteiger partial charge is 0.480 e. The number of carboxylic acid groups (broad SMARTS) is 1. The molecule has 2 rings (SSSR count). The van der Waals surface area contributed by atoms with Gasteiger partial charge in [0.15, 0.2) is 0 Å². The summed E-state index contributed by atoms with van der Waals surface area (Å²) < 4.78 is 0. The Morgan fingerprint density at radius 1 is 1.46 bits per heavy atom. The van der Waals surface area contributed by atoms with E-state index in [0.29, 0.717) is 12.3 Å². The van der Waals surface area contributed by atoms with E-state index in [2.05, 4.69) is 0 Å². The van der Waals surface area contributed by atoms with Gasteiger partial charge >= 0.3 is 5.97 Å². The smallest absolute Gasteiger partial charge is 0.320 e. The van der Waals surface area contributed by atoms with Gasteiger partial charge in [-0.2, -0.15) is 0 Å². The molecule has 3 unspecified atom stereocenters. The van der Waals surface area contributed by atoms with Crippen molar-refractivity contribution in [1.29, 1.82) is 0 Å². The van der Waals surface area contributed by atoms with Crippen molar-refractivity contribution in [1.82, 2.24) is 0 Å². The molecule has 0 radical (unpaired) electrons. The van der Waals surface area contributed by atoms with Gasteiger partial charge in [-0.25, -0.2) is 0 Å². The molecule has 0 spiro atoms. The van der Waals surface area contributed by atoms with E-state index in [4.69, 9.17) is 10.8 Å². The molecule has 2 aliphatic carbocycles. The summed E-state index contributed by atoms with van der Waals surface area (Å²) in [4.78, 5) is 10.6. The monoisotopic (exact) mass is 183 g/mol. The van der Waals surface area contributed by atoms with Gasteiger partial charge < -0.3 is 10.8 Å². The molecule has 2 saturated carbocycles. The van der Waals surface area contributed by atoms with E-state index in [0.717, 1.165) is 11.8 Å². The van der Waals surface area contributed by atoms with E-state index in [9.17, 15) is 4.79 Å². The van der Waals surface area contributed by atoms with Gasteiger partial charge in [0.25, 0.3) is 0 Å². The van der Waals surface area contributed by atoms with E-state index in [-0.39, 0.29) is 0 Å². The van der Waals surface area contributed by atoms with Gasteiger partial charge in [-0.3, -0.25) is 4.79 Å². The van der Waals surface area contributed by atoms with Gasteiger partial charge in [0.05, 0.1) is 0 Å². The van der Waals surface area contributed by atoms with Gasteiger partial charge in [-0.15, -0.1) is 0 Å². The van der Waals surface area contributed by atoms with Gasteiger partial charge in [0, 0.05) is 0 Å². The van der Waals surface area contributed by atoms with Crippen molar-refractivity contribution >= 4 is 5.97 Å². The fourth-order valence-electron chi connectivity index (χ4n) is 3.09. The van der Waals surface area contributed by atoms with Crippen molar-refractivity contribution in [2.45, 2.75) is 38.1 Å². The van der Waals surface area contributed by atoms with Gasteiger partial charge in [-0.1, -0.05) is 6.42 Å². The molecule has 2 bridgehead atoms. The first-order valence-corrected chi connectivity index (χ1v) is 5.15. The van der Waals surface area contributed by atoms with Crippen LogP contribution in [0.25, 0.3) is 0 Å². The van der Waals surface area contributed by atoms with E-state index < -0.39 is 12.0 Å². The molecule has 0 aromatic heterocycles. The van der Waals surface area contributed by atoms with Crippen LogP contribution in [0, 0.1) is 17.8 Å². The Morgan fingerprint density at radius 2 is 2.23 bits per heavy atom. The van der Waals surface area contributed by atoms with Crippen molar-refractivity contribution in [3.05, 3.63) is 0 Å². The molecule has 2 aliphatic rings. The SMILES string of the molecule is N[C@H](CC1CC2CCC1C2)C(=O)O. The zero-order valence-corrected chi connectivity index (χ0v) is 7.78. The third kappa shape index (κ3) is 1.70. The minimum Gasteiger partial charge on any atom is -0.480 e. The molecule has 3 heteroatoms. The van der Waals surface area contributed by atoms with Crippen LogP contribution >= 0.6 is 0 Å². The molecule has 74 valence electrons. The first kappa shape index (κ1) is 9.00. The second kappa shape index (κ2) is 3.29. The fourth-order valence-corrected chi connectivity index (χ4v) is 3.09. The Morgan fingerprint density at radius 3 is 2.69 bits per heavy atom. The van der Waals surface area contributed by atoms with Crippen LogP contribution < -0.4 is 5.73 Å². The molecule has 0 amide bonds. The predicted octanol–water partition coefficient (Wildman–Crippen LogP) is 1.22. The molecule has 0 aliphatic heterocycles. The Hall–Kier alpha value is -0.570. The molecule has 13 heavy (non-hydrogen) atoms. The van der Waals surface area contributed by atoms with E-state index in [1.807, 2.05) is 0 Å². The third-order valence-corrected chi connectivity index (χ3v) is 3.76. The highest BCUT2D eigenvalue weighted by Crippen LogP contribution is 2.49. The second-order valence-corrected chi connectivity index (χ2v) is 4.62. The summed E-state index contributed by atoms with van der Waals surface area (Å²) in [6.07, 6.45) is 5.92. The average molecular weight is 183 g/mol. The summed E-state index contributed by atoms with van der Waals surface area (Å²) in [5, 5.41) is 8.69. The zero-order valence-electron chi connectivity index (χ0n) is 7.78. The number of rotatable bonds is 3. The summed E-state index contributed by atoms with van der Waals surface area (Å²) in [6, 6.07) is -0.635. The number of carboxylic acids is 1. The average Bonchev–Trinajstić information content (AvgIpc) is 2.64. The van der Waals surface area contributed by atoms with Crippen molar-refractivity contribution in [2.75, 3.05) is 0 Å². The lowest BCUT2D eigenvalue weighted by Crippen LogP contribution is -2.33. The lowest BCUT2D eigenvalue weighted by Gasteiger charge is -2.22. The summed E-state index contributed by atoms with van der Waals surface area (Å²) in [5.41, 5.74) is 5.53. The molecular weight excluding hydrogens is 166 g/mol. The third-order valence-electron chi connectivity index (χ3n) is 3.76. The molecule has 0 aromatic rings. The maximum Gasteiger partial charge on any atom is 0.320 e. The standard InChI is InChI=1S/C10H17NO2/c11-9(10(12)13)5-8-4-6-1-2-7(8)3-6/h6-9H,1-5,11H2,(H,12,13)/t6?,7?,8?,9-/m1/s1. The van der Waals surface area contributed by atoms with Crippen molar-refractivity contribution in [3.8, 4) is 0 Å². The van der Waals surface area contributed by atoms with Crippen molar-refractivity contribution in [3.63, 3.8) is 0 Å². The second-order valence-electron chi connectivity index (χ2n) is 4.62. The minimum atomic E-state index is -0.845. The molecular formula is C10H17NO2. The molecule has 3 N–H and O–H groups in total. The summed E-state index contributed by atoms with van der Waals surface area (Å²) in [6.45, 7) is 0. The van der Waals surface area contributed by atoms with Crippen molar-refractivity contribution < 1.29 is 9.90 Å². The topological polar surface area (TPSA) is 63.3 Å². The molecule has 0 aromatic carbocycles. The molecule has 2 fully saturated rings. The lowest BCUT2D eigenvalue weighted by atomic mass is 9.84. The maximum atomic E-state index is 10.6. The van der Waals surface area contributed by atoms with E-state index in [1.54, 1.807) is 0 Å². The van der Waals surface area contributed by atoms with Crippen LogP contribution in [0.3, 0.4) is 0 Å². The number of aliphatic carboxylic acids is 1. The van der Waals surface area contributed by atoms with Crippen LogP contribution in [0.15, 0.2) is 0 Å². The number of hydrogen-bond acceptors (Lipinski definition) is 2. The highest BCUT2D eigenvalue weighted by molar-refractivity contribution is 5.73. The maximum absolute atomic E-state index is 10.6. The van der Waals surface area contributed by atoms with Crippen LogP contribution in [0.1, 0.15) is 32.1 Å². The van der Waals surface area contributed by atoms with Crippen LogP contribution in [0.5, 0.6) is 0 Å². The van der Waals surface area contributed by atoms with Crippen LogP contribution in [0.2, 0.25) is 0 Å². The normalized spacial score (nSPS) is 39.3. The van der Waals surface area contributed by atoms with E-state index in [1.165, 1.54) is 25.7 Å². The molecule has 4 atom stereocenters. The van der Waals surface area contributed by atoms with Gasteiger partial charge in [-0.05, 0) is 43.4 Å². The number of fused-ring (bicyclic) bond motifs is 2. The highest BCUT2D eigenvalue weighted by Gasteiger charge is 2.40. The Bertz CT molecular complexity index is 217. The predicted molar refractivity (Wildman–Crippen MR) is 49.2 cm³/mol. The molecule has 3 nitrogen and oxygen atoms in total. The number of carbonyl (C=O) groups is 1. The Kier molecular flexibility index (Phi) is 2.28. The van der Waals surface area contributed by atoms with Crippen LogP contribution in [0.4, 0.5) is 0 Å². The summed E-state index contributed by atoms with van der Waals surface area (Å²) in [5.74, 6) is 1.43. The zero-order chi connectivity index (χ0) is 9.42. The van der Waals surface area contributed by atoms with E-state index >= 15 is 0 Å². The Balaban J connectivity index is 1.86. The van der Waals surface area contributed by atoms with Crippen molar-refractivity contribution in [2.24, 2.45) is 23.5 Å². The first-order valence-electron chi connectivity index (χ1n) is 5.15. The number of hydrogen-bond donors (Lipinski definition) is 2. The number of nitrogens with two attached hydrogens (primary N) is 1. The van der Waals surface area contributed by atoms with Gasteiger partial charge in [0.2, 0.25) is 0 Å². The summed E-state index contributed by atoms with van der Waals surface area (Å²) >= 11 is 0. The van der Waals surface area contributed by atoms with Gasteiger partial charge in [0.1, 0.15) is 6.04 Å². The lowest BCUT2D eigenvalue weighted by molar-refractivity contribution is -0.139. The van der Waals surface area contributed by atoms with Crippen LogP contribution in [-0.2, 0) is 4.79 Å². The minimum absolute atomic E-state index is 0.602. The quantitative estimate of drug-likeness (QED) is 0.691. The fraction of sp³-hybridized carbons (Fsp3) is 0.900. The van der Waals surface area contributed by atoms with Crippen LogP contribution in [-0.4, -0.2) is 17.1 Å². The molecule has 0 heterocycles. The Labute approximate surface area is 78.3 Å². The summed E-state index contributed by atoms with van der Waals surface area (Å²) in [7, 11) is 0. The first-order chi connectivity index (χ1) is 6.16. The molecule has 0 saturated heterocycles.